The van der Waals surface area contributed by atoms with Gasteiger partial charge in [0.05, 0.1) is 11.5 Å². The summed E-state index contributed by atoms with van der Waals surface area (Å²) in [6, 6.07) is 2.51. The maximum absolute atomic E-state index is 9.29. The molecular weight excluding hydrogens is 232 g/mol. The fraction of sp³-hybridized carbons (Fsp3) is 0.706. The normalized spacial score (nSPS) is 26.9. The van der Waals surface area contributed by atoms with Crippen molar-refractivity contribution in [3.8, 4) is 6.07 Å². The summed E-state index contributed by atoms with van der Waals surface area (Å²) in [7, 11) is 0. The molecule has 106 valence electrons. The summed E-state index contributed by atoms with van der Waals surface area (Å²) in [5.74, 6) is 0. The minimum Gasteiger partial charge on any atom is -0.299 e. The van der Waals surface area contributed by atoms with Crippen LogP contribution in [0.25, 0.3) is 0 Å². The Hall–Kier alpha value is -1.07. The highest BCUT2D eigenvalue weighted by atomic mass is 15.1. The highest BCUT2D eigenvalue weighted by Gasteiger charge is 2.26. The molecule has 0 spiro atoms. The van der Waals surface area contributed by atoms with E-state index in [2.05, 4.69) is 50.0 Å². The topological polar surface area (TPSA) is 27.0 Å². The highest BCUT2D eigenvalue weighted by Crippen LogP contribution is 2.29. The molecule has 1 heterocycles. The van der Waals surface area contributed by atoms with Gasteiger partial charge in [-0.3, -0.25) is 4.90 Å². The Morgan fingerprint density at radius 3 is 2.79 bits per heavy atom. The van der Waals surface area contributed by atoms with Crippen molar-refractivity contribution in [2.24, 2.45) is 5.41 Å². The Balaban J connectivity index is 2.51. The quantitative estimate of drug-likeness (QED) is 0.704. The van der Waals surface area contributed by atoms with Gasteiger partial charge in [-0.1, -0.05) is 37.1 Å². The molecule has 0 N–H and O–H groups in total. The summed E-state index contributed by atoms with van der Waals surface area (Å²) in [4.78, 5) is 2.50. The third-order valence-corrected chi connectivity index (χ3v) is 3.93. The van der Waals surface area contributed by atoms with Crippen LogP contribution in [0.15, 0.2) is 23.8 Å². The van der Waals surface area contributed by atoms with Gasteiger partial charge in [-0.15, -0.1) is 0 Å². The molecule has 2 heteroatoms. The summed E-state index contributed by atoms with van der Waals surface area (Å²) in [6.07, 6.45) is 12.1. The molecule has 0 aliphatic carbocycles. The van der Waals surface area contributed by atoms with E-state index in [0.717, 1.165) is 32.4 Å². The number of allylic oxidation sites excluding steroid dienone is 3. The van der Waals surface area contributed by atoms with E-state index < -0.39 is 0 Å². The zero-order valence-electron chi connectivity index (χ0n) is 12.8. The molecular formula is C17H28N2. The van der Waals surface area contributed by atoms with E-state index in [0.29, 0.717) is 0 Å². The first-order valence-corrected chi connectivity index (χ1v) is 7.55. The molecule has 1 atom stereocenters. The lowest BCUT2D eigenvalue weighted by Gasteiger charge is -2.31. The van der Waals surface area contributed by atoms with Gasteiger partial charge in [0.25, 0.3) is 0 Å². The molecule has 1 saturated heterocycles. The molecule has 0 saturated carbocycles. The monoisotopic (exact) mass is 260 g/mol. The van der Waals surface area contributed by atoms with Gasteiger partial charge in [0.15, 0.2) is 0 Å². The van der Waals surface area contributed by atoms with Crippen LogP contribution in [0.1, 0.15) is 52.9 Å². The Kier molecular flexibility index (Phi) is 6.87. The van der Waals surface area contributed by atoms with Gasteiger partial charge in [0.2, 0.25) is 0 Å². The Labute approximate surface area is 118 Å². The van der Waals surface area contributed by atoms with E-state index in [4.69, 9.17) is 0 Å². The van der Waals surface area contributed by atoms with Gasteiger partial charge in [0, 0.05) is 6.54 Å². The predicted molar refractivity (Wildman–Crippen MR) is 81.8 cm³/mol. The molecule has 0 amide bonds. The van der Waals surface area contributed by atoms with Crippen molar-refractivity contribution in [1.29, 1.82) is 5.26 Å². The van der Waals surface area contributed by atoms with Crippen molar-refractivity contribution in [2.45, 2.75) is 52.9 Å². The van der Waals surface area contributed by atoms with Gasteiger partial charge in [-0.05, 0) is 52.6 Å². The maximum Gasteiger partial charge on any atom is 0.0687 e. The van der Waals surface area contributed by atoms with Crippen LogP contribution in [0.2, 0.25) is 0 Å². The van der Waals surface area contributed by atoms with Gasteiger partial charge in [-0.25, -0.2) is 0 Å². The van der Waals surface area contributed by atoms with Crippen molar-refractivity contribution in [2.75, 3.05) is 19.6 Å². The lowest BCUT2D eigenvalue weighted by atomic mass is 9.82. The Bertz CT molecular complexity index is 362. The minimum absolute atomic E-state index is 0.113. The summed E-state index contributed by atoms with van der Waals surface area (Å²) in [5.41, 5.74) is 1.29. The minimum atomic E-state index is -0.113. The van der Waals surface area contributed by atoms with Gasteiger partial charge < -0.3 is 0 Å². The molecule has 0 aromatic rings. The molecule has 0 radical (unpaired) electrons. The molecule has 1 aliphatic heterocycles. The average molecular weight is 260 g/mol. The zero-order chi connectivity index (χ0) is 14.1. The van der Waals surface area contributed by atoms with Crippen molar-refractivity contribution < 1.29 is 0 Å². The maximum atomic E-state index is 9.29. The largest absolute Gasteiger partial charge is 0.299 e. The highest BCUT2D eigenvalue weighted by molar-refractivity contribution is 5.12. The lowest BCUT2D eigenvalue weighted by molar-refractivity contribution is 0.210. The number of nitrogens with zero attached hydrogens (tertiary/aromatic N) is 2. The van der Waals surface area contributed by atoms with E-state index >= 15 is 0 Å². The molecule has 1 unspecified atom stereocenters. The molecule has 1 fully saturated rings. The van der Waals surface area contributed by atoms with E-state index in [1.807, 2.05) is 0 Å². The van der Waals surface area contributed by atoms with Crippen molar-refractivity contribution in [3.05, 3.63) is 23.8 Å². The number of hydrogen-bond acceptors (Lipinski definition) is 2. The predicted octanol–water partition coefficient (Wildman–Crippen LogP) is 4.30. The summed E-state index contributed by atoms with van der Waals surface area (Å²) in [5, 5.41) is 9.29. The molecule has 19 heavy (non-hydrogen) atoms. The van der Waals surface area contributed by atoms with Crippen LogP contribution in [0.3, 0.4) is 0 Å². The summed E-state index contributed by atoms with van der Waals surface area (Å²) >= 11 is 0. The second-order valence-electron chi connectivity index (χ2n) is 6.01. The lowest BCUT2D eigenvalue weighted by Crippen LogP contribution is -2.33. The van der Waals surface area contributed by atoms with E-state index in [1.165, 1.54) is 25.0 Å². The van der Waals surface area contributed by atoms with Crippen LogP contribution < -0.4 is 0 Å². The first-order valence-electron chi connectivity index (χ1n) is 7.55. The molecule has 2 nitrogen and oxygen atoms in total. The van der Waals surface area contributed by atoms with E-state index in [1.54, 1.807) is 0 Å². The first-order chi connectivity index (χ1) is 9.09. The van der Waals surface area contributed by atoms with Gasteiger partial charge >= 0.3 is 0 Å². The van der Waals surface area contributed by atoms with Crippen LogP contribution in [0.5, 0.6) is 0 Å². The molecule has 1 rings (SSSR count). The van der Waals surface area contributed by atoms with E-state index in [9.17, 15) is 5.26 Å². The zero-order valence-corrected chi connectivity index (χ0v) is 12.8. The third kappa shape index (κ3) is 6.07. The Morgan fingerprint density at radius 1 is 1.32 bits per heavy atom. The molecule has 0 aromatic carbocycles. The first kappa shape index (κ1) is 16.0. The van der Waals surface area contributed by atoms with E-state index in [-0.39, 0.29) is 5.41 Å². The standard InChI is InChI=1S/C17H28N2/c1-4-5-6-9-16(2)14-19-12-8-7-10-17(3,15-18)11-13-19/h5-6,9H,4,7-8,10-14H2,1-3H3/b6-5-,16-9+. The number of nitriles is 1. The fourth-order valence-corrected chi connectivity index (χ4v) is 2.54. The van der Waals surface area contributed by atoms with Crippen LogP contribution >= 0.6 is 0 Å². The average Bonchev–Trinajstić information content (AvgIpc) is 2.39. The smallest absolute Gasteiger partial charge is 0.0687 e. The van der Waals surface area contributed by atoms with Gasteiger partial charge in [0.1, 0.15) is 0 Å². The second kappa shape index (κ2) is 8.17. The van der Waals surface area contributed by atoms with Crippen molar-refractivity contribution in [1.82, 2.24) is 4.90 Å². The fourth-order valence-electron chi connectivity index (χ4n) is 2.54. The number of rotatable bonds is 4. The van der Waals surface area contributed by atoms with Crippen molar-refractivity contribution in [3.63, 3.8) is 0 Å². The van der Waals surface area contributed by atoms with Crippen LogP contribution in [0.4, 0.5) is 0 Å². The van der Waals surface area contributed by atoms with Crippen LogP contribution in [-0.2, 0) is 0 Å². The van der Waals surface area contributed by atoms with Crippen LogP contribution in [0, 0.1) is 16.7 Å². The van der Waals surface area contributed by atoms with Gasteiger partial charge in [-0.2, -0.15) is 5.26 Å². The summed E-state index contributed by atoms with van der Waals surface area (Å²) in [6.45, 7) is 9.72. The molecule has 1 aliphatic rings. The Morgan fingerprint density at radius 2 is 2.11 bits per heavy atom. The summed E-state index contributed by atoms with van der Waals surface area (Å²) < 4.78 is 0. The van der Waals surface area contributed by atoms with Crippen LogP contribution in [-0.4, -0.2) is 24.5 Å². The van der Waals surface area contributed by atoms with Crippen molar-refractivity contribution >= 4 is 0 Å². The second-order valence-corrected chi connectivity index (χ2v) is 6.01. The third-order valence-electron chi connectivity index (χ3n) is 3.93. The molecule has 0 aromatic heterocycles. The SMILES string of the molecule is CC/C=C\C=C(/C)CN1CCCCC(C)(C#N)CC1. The number of hydrogen-bond donors (Lipinski definition) is 0. The molecule has 0 bridgehead atoms. The number of likely N-dealkylation sites (tertiary alicyclic amines) is 1.